The van der Waals surface area contributed by atoms with Crippen molar-refractivity contribution in [3.05, 3.63) is 11.4 Å². The number of nitrogens with two attached hydrogens (primary N) is 1. The van der Waals surface area contributed by atoms with Gasteiger partial charge in [0.15, 0.2) is 0 Å². The third kappa shape index (κ3) is 4.08. The predicted octanol–water partition coefficient (Wildman–Crippen LogP) is 1.46. The van der Waals surface area contributed by atoms with Crippen molar-refractivity contribution in [3.8, 4) is 0 Å². The van der Waals surface area contributed by atoms with Crippen molar-refractivity contribution in [1.29, 1.82) is 0 Å². The molecular formula is C13H23N5O. The van der Waals surface area contributed by atoms with E-state index in [1.54, 1.807) is 6.92 Å². The fourth-order valence-corrected chi connectivity index (χ4v) is 1.55. The third-order valence-electron chi connectivity index (χ3n) is 2.83. The number of anilines is 2. The van der Waals surface area contributed by atoms with Crippen molar-refractivity contribution >= 4 is 17.5 Å². The number of primary amides is 1. The molecule has 4 N–H and O–H groups in total. The summed E-state index contributed by atoms with van der Waals surface area (Å²) in [6.45, 7) is 8.59. The van der Waals surface area contributed by atoms with E-state index >= 15 is 0 Å². The van der Waals surface area contributed by atoms with Gasteiger partial charge in [-0.1, -0.05) is 13.8 Å². The number of carbonyl (C=O) groups is 1. The Bertz CT molecular complexity index is 447. The standard InChI is InChI=1S/C13H23N5O/c1-5-7-15-12-8(3)13(16-9(4)11(14)19)18-10(6-2)17-12/h9H,5-7H2,1-4H3,(H2,14,19)(H2,15,16,17,18). The van der Waals surface area contributed by atoms with Crippen LogP contribution >= 0.6 is 0 Å². The summed E-state index contributed by atoms with van der Waals surface area (Å²) < 4.78 is 0. The van der Waals surface area contributed by atoms with Crippen molar-refractivity contribution < 1.29 is 4.79 Å². The Morgan fingerprint density at radius 1 is 1.32 bits per heavy atom. The van der Waals surface area contributed by atoms with Gasteiger partial charge in [0.25, 0.3) is 0 Å². The van der Waals surface area contributed by atoms with Crippen LogP contribution in [0.3, 0.4) is 0 Å². The maximum absolute atomic E-state index is 11.1. The van der Waals surface area contributed by atoms with Gasteiger partial charge in [0.2, 0.25) is 5.91 Å². The van der Waals surface area contributed by atoms with E-state index in [0.717, 1.165) is 36.6 Å². The second-order valence-corrected chi connectivity index (χ2v) is 4.51. The molecule has 1 aromatic rings. The van der Waals surface area contributed by atoms with Gasteiger partial charge in [0.05, 0.1) is 0 Å². The van der Waals surface area contributed by atoms with Crippen LogP contribution in [0.4, 0.5) is 11.6 Å². The first-order valence-electron chi connectivity index (χ1n) is 6.66. The molecule has 0 aromatic carbocycles. The van der Waals surface area contributed by atoms with E-state index < -0.39 is 11.9 Å². The van der Waals surface area contributed by atoms with E-state index in [1.807, 2.05) is 13.8 Å². The topological polar surface area (TPSA) is 92.9 Å². The van der Waals surface area contributed by atoms with Crippen LogP contribution in [-0.4, -0.2) is 28.5 Å². The Kier molecular flexibility index (Phi) is 5.54. The van der Waals surface area contributed by atoms with Crippen LogP contribution in [0.2, 0.25) is 0 Å². The van der Waals surface area contributed by atoms with Crippen molar-refractivity contribution in [2.24, 2.45) is 5.73 Å². The van der Waals surface area contributed by atoms with E-state index in [4.69, 9.17) is 5.73 Å². The summed E-state index contributed by atoms with van der Waals surface area (Å²) >= 11 is 0. The second kappa shape index (κ2) is 6.92. The van der Waals surface area contributed by atoms with Crippen molar-refractivity contribution in [2.75, 3.05) is 17.2 Å². The molecular weight excluding hydrogens is 242 g/mol. The summed E-state index contributed by atoms with van der Waals surface area (Å²) in [6.07, 6.45) is 1.76. The zero-order valence-electron chi connectivity index (χ0n) is 12.1. The molecule has 0 bridgehead atoms. The first-order chi connectivity index (χ1) is 8.99. The van der Waals surface area contributed by atoms with Crippen LogP contribution in [0.25, 0.3) is 0 Å². The molecule has 1 unspecified atom stereocenters. The fourth-order valence-electron chi connectivity index (χ4n) is 1.55. The zero-order valence-corrected chi connectivity index (χ0v) is 12.1. The van der Waals surface area contributed by atoms with Gasteiger partial charge >= 0.3 is 0 Å². The van der Waals surface area contributed by atoms with E-state index in [1.165, 1.54) is 0 Å². The second-order valence-electron chi connectivity index (χ2n) is 4.51. The minimum Gasteiger partial charge on any atom is -0.370 e. The van der Waals surface area contributed by atoms with Crippen LogP contribution < -0.4 is 16.4 Å². The molecule has 1 atom stereocenters. The maximum Gasteiger partial charge on any atom is 0.239 e. The SMILES string of the molecule is CCCNc1nc(CC)nc(NC(C)C(N)=O)c1C. The molecule has 0 fully saturated rings. The minimum absolute atomic E-state index is 0.404. The Morgan fingerprint density at radius 3 is 2.47 bits per heavy atom. The first kappa shape index (κ1) is 15.2. The molecule has 106 valence electrons. The van der Waals surface area contributed by atoms with Crippen LogP contribution in [0, 0.1) is 6.92 Å². The minimum atomic E-state index is -0.461. The normalized spacial score (nSPS) is 12.0. The molecule has 1 aromatic heterocycles. The number of aryl methyl sites for hydroxylation is 1. The number of nitrogens with zero attached hydrogens (tertiary/aromatic N) is 2. The monoisotopic (exact) mass is 265 g/mol. The number of hydrogen-bond donors (Lipinski definition) is 3. The molecule has 0 radical (unpaired) electrons. The van der Waals surface area contributed by atoms with Crippen LogP contribution in [0.15, 0.2) is 0 Å². The summed E-state index contributed by atoms with van der Waals surface area (Å²) in [5.74, 6) is 1.81. The summed E-state index contributed by atoms with van der Waals surface area (Å²) in [5.41, 5.74) is 6.16. The largest absolute Gasteiger partial charge is 0.370 e. The van der Waals surface area contributed by atoms with Gasteiger partial charge in [-0.05, 0) is 20.3 Å². The highest BCUT2D eigenvalue weighted by atomic mass is 16.1. The molecule has 6 nitrogen and oxygen atoms in total. The number of nitrogens with one attached hydrogen (secondary N) is 2. The van der Waals surface area contributed by atoms with Crippen molar-refractivity contribution in [3.63, 3.8) is 0 Å². The summed E-state index contributed by atoms with van der Waals surface area (Å²) in [4.78, 5) is 20.0. The van der Waals surface area contributed by atoms with E-state index in [-0.39, 0.29) is 0 Å². The lowest BCUT2D eigenvalue weighted by Gasteiger charge is -2.17. The molecule has 0 spiro atoms. The highest BCUT2D eigenvalue weighted by Crippen LogP contribution is 2.20. The van der Waals surface area contributed by atoms with E-state index in [0.29, 0.717) is 5.82 Å². The van der Waals surface area contributed by atoms with Gasteiger partial charge in [-0.3, -0.25) is 4.79 Å². The molecule has 19 heavy (non-hydrogen) atoms. The van der Waals surface area contributed by atoms with Gasteiger partial charge in [-0.25, -0.2) is 9.97 Å². The number of hydrogen-bond acceptors (Lipinski definition) is 5. The molecule has 1 amide bonds. The molecule has 0 saturated carbocycles. The van der Waals surface area contributed by atoms with Crippen LogP contribution in [-0.2, 0) is 11.2 Å². The van der Waals surface area contributed by atoms with Crippen LogP contribution in [0.1, 0.15) is 38.6 Å². The third-order valence-corrected chi connectivity index (χ3v) is 2.83. The molecule has 0 saturated heterocycles. The Morgan fingerprint density at radius 2 is 1.95 bits per heavy atom. The molecule has 0 aliphatic carbocycles. The Hall–Kier alpha value is -1.85. The first-order valence-corrected chi connectivity index (χ1v) is 6.66. The van der Waals surface area contributed by atoms with E-state index in [2.05, 4.69) is 27.5 Å². The van der Waals surface area contributed by atoms with Gasteiger partial charge in [0.1, 0.15) is 23.5 Å². The summed E-state index contributed by atoms with van der Waals surface area (Å²) in [7, 11) is 0. The van der Waals surface area contributed by atoms with Gasteiger partial charge in [0, 0.05) is 18.5 Å². The number of aromatic nitrogens is 2. The zero-order chi connectivity index (χ0) is 14.4. The lowest BCUT2D eigenvalue weighted by Crippen LogP contribution is -2.33. The smallest absolute Gasteiger partial charge is 0.239 e. The number of rotatable bonds is 7. The summed E-state index contributed by atoms with van der Waals surface area (Å²) in [5, 5.41) is 6.31. The summed E-state index contributed by atoms with van der Waals surface area (Å²) in [6, 6.07) is -0.461. The lowest BCUT2D eigenvalue weighted by atomic mass is 10.2. The molecule has 1 heterocycles. The van der Waals surface area contributed by atoms with Crippen molar-refractivity contribution in [1.82, 2.24) is 9.97 Å². The quantitative estimate of drug-likeness (QED) is 0.694. The highest BCUT2D eigenvalue weighted by molar-refractivity contribution is 5.82. The molecule has 1 rings (SSSR count). The van der Waals surface area contributed by atoms with E-state index in [9.17, 15) is 4.79 Å². The number of amides is 1. The predicted molar refractivity (Wildman–Crippen MR) is 77.2 cm³/mol. The highest BCUT2D eigenvalue weighted by Gasteiger charge is 2.14. The van der Waals surface area contributed by atoms with Gasteiger partial charge < -0.3 is 16.4 Å². The Labute approximate surface area is 114 Å². The average Bonchev–Trinajstić information content (AvgIpc) is 2.39. The molecule has 6 heteroatoms. The lowest BCUT2D eigenvalue weighted by molar-refractivity contribution is -0.118. The van der Waals surface area contributed by atoms with Gasteiger partial charge in [-0.2, -0.15) is 0 Å². The van der Waals surface area contributed by atoms with Gasteiger partial charge in [-0.15, -0.1) is 0 Å². The molecule has 0 aliphatic rings. The molecule has 0 aliphatic heterocycles. The number of carbonyl (C=O) groups excluding carboxylic acids is 1. The maximum atomic E-state index is 11.1. The fraction of sp³-hybridized carbons (Fsp3) is 0.615. The average molecular weight is 265 g/mol. The van der Waals surface area contributed by atoms with Crippen molar-refractivity contribution in [2.45, 2.75) is 46.6 Å². The Balaban J connectivity index is 3.04. The van der Waals surface area contributed by atoms with Crippen LogP contribution in [0.5, 0.6) is 0 Å².